The van der Waals surface area contributed by atoms with E-state index in [1.807, 2.05) is 52.0 Å². The monoisotopic (exact) mass is 290 g/mol. The van der Waals surface area contributed by atoms with Gasteiger partial charge in [-0.1, -0.05) is 12.1 Å². The number of ether oxygens (including phenoxy) is 1. The zero-order valence-corrected chi connectivity index (χ0v) is 13.4. The molecule has 4 heteroatoms. The van der Waals surface area contributed by atoms with E-state index in [4.69, 9.17) is 4.74 Å². The average Bonchev–Trinajstić information content (AvgIpc) is 2.86. The fraction of sp³-hybridized carbons (Fsp3) is 0.588. The molecule has 2 rings (SSSR count). The van der Waals surface area contributed by atoms with E-state index in [0.717, 1.165) is 30.8 Å². The van der Waals surface area contributed by atoms with Gasteiger partial charge >= 0.3 is 0 Å². The summed E-state index contributed by atoms with van der Waals surface area (Å²) in [6, 6.07) is 7.91. The molecule has 1 fully saturated rings. The van der Waals surface area contributed by atoms with Crippen LogP contribution >= 0.6 is 0 Å². The molecule has 1 aromatic rings. The van der Waals surface area contributed by atoms with Crippen molar-refractivity contribution in [3.8, 4) is 5.75 Å². The minimum absolute atomic E-state index is 0.0226. The average molecular weight is 290 g/mol. The van der Waals surface area contributed by atoms with Gasteiger partial charge in [-0.2, -0.15) is 0 Å². The van der Waals surface area contributed by atoms with Crippen LogP contribution in [0.5, 0.6) is 5.75 Å². The summed E-state index contributed by atoms with van der Waals surface area (Å²) in [5.41, 5.74) is 0.774. The van der Waals surface area contributed by atoms with Crippen molar-refractivity contribution in [2.45, 2.75) is 46.3 Å². The smallest absolute Gasteiger partial charge is 0.227 e. The lowest BCUT2D eigenvalue weighted by Crippen LogP contribution is -2.41. The summed E-state index contributed by atoms with van der Waals surface area (Å²) in [4.78, 5) is 12.4. The largest absolute Gasteiger partial charge is 0.491 e. The maximum Gasteiger partial charge on any atom is 0.227 e. The highest BCUT2D eigenvalue weighted by Crippen LogP contribution is 2.27. The molecule has 116 valence electrons. The summed E-state index contributed by atoms with van der Waals surface area (Å²) in [6.07, 6.45) is 1.04. The predicted molar refractivity (Wildman–Crippen MR) is 84.4 cm³/mol. The Bertz CT molecular complexity index is 493. The Morgan fingerprint density at radius 2 is 2.14 bits per heavy atom. The van der Waals surface area contributed by atoms with Crippen LogP contribution in [0.1, 0.15) is 45.7 Å². The molecule has 1 aromatic carbocycles. The number of benzene rings is 1. The minimum Gasteiger partial charge on any atom is -0.491 e. The lowest BCUT2D eigenvalue weighted by atomic mass is 9.88. The standard InChI is InChI=1S/C17H26N2O2/c1-12(2)21-15-7-5-6-14(10-15)13(3)19-16(20)17(4)8-9-18-11-17/h5-7,10,12-13,18H,8-9,11H2,1-4H3,(H,19,20). The molecule has 1 aliphatic rings. The molecule has 2 N–H and O–H groups in total. The molecule has 0 bridgehead atoms. The first-order valence-electron chi connectivity index (χ1n) is 7.69. The van der Waals surface area contributed by atoms with Crippen molar-refractivity contribution in [1.29, 1.82) is 0 Å². The van der Waals surface area contributed by atoms with Gasteiger partial charge in [0.2, 0.25) is 5.91 Å². The van der Waals surface area contributed by atoms with Gasteiger partial charge in [0, 0.05) is 6.54 Å². The van der Waals surface area contributed by atoms with Crippen molar-refractivity contribution in [2.24, 2.45) is 5.41 Å². The Kier molecular flexibility index (Phi) is 4.88. The number of rotatable bonds is 5. The Morgan fingerprint density at radius 3 is 2.76 bits per heavy atom. The van der Waals surface area contributed by atoms with Crippen LogP contribution < -0.4 is 15.4 Å². The molecule has 21 heavy (non-hydrogen) atoms. The third-order valence-corrected chi connectivity index (χ3v) is 3.99. The Balaban J connectivity index is 2.02. The lowest BCUT2D eigenvalue weighted by Gasteiger charge is -2.25. The van der Waals surface area contributed by atoms with E-state index in [0.29, 0.717) is 0 Å². The van der Waals surface area contributed by atoms with Crippen LogP contribution in [0.15, 0.2) is 24.3 Å². The van der Waals surface area contributed by atoms with Gasteiger partial charge in [0.1, 0.15) is 5.75 Å². The van der Waals surface area contributed by atoms with E-state index in [9.17, 15) is 4.79 Å². The van der Waals surface area contributed by atoms with Crippen molar-refractivity contribution >= 4 is 5.91 Å². The van der Waals surface area contributed by atoms with Crippen LogP contribution in [0.4, 0.5) is 0 Å². The third-order valence-electron chi connectivity index (χ3n) is 3.99. The predicted octanol–water partition coefficient (Wildman–Crippen LogP) is 2.65. The Morgan fingerprint density at radius 1 is 1.38 bits per heavy atom. The maximum atomic E-state index is 12.4. The number of amides is 1. The molecule has 2 unspecified atom stereocenters. The van der Waals surface area contributed by atoms with Crippen molar-refractivity contribution in [3.63, 3.8) is 0 Å². The fourth-order valence-corrected chi connectivity index (χ4v) is 2.59. The van der Waals surface area contributed by atoms with E-state index in [1.54, 1.807) is 0 Å². The summed E-state index contributed by atoms with van der Waals surface area (Å²) in [5, 5.41) is 6.38. The number of hydrogen-bond donors (Lipinski definition) is 2. The third kappa shape index (κ3) is 3.97. The second-order valence-electron chi connectivity index (χ2n) is 6.42. The van der Waals surface area contributed by atoms with Gasteiger partial charge in [-0.15, -0.1) is 0 Å². The molecule has 0 spiro atoms. The highest BCUT2D eigenvalue weighted by atomic mass is 16.5. The molecule has 0 radical (unpaired) electrons. The van der Waals surface area contributed by atoms with Crippen LogP contribution in [-0.4, -0.2) is 25.1 Å². The van der Waals surface area contributed by atoms with Crippen LogP contribution in [0.3, 0.4) is 0 Å². The van der Waals surface area contributed by atoms with Gasteiger partial charge < -0.3 is 15.4 Å². The van der Waals surface area contributed by atoms with Crippen molar-refractivity contribution in [2.75, 3.05) is 13.1 Å². The first kappa shape index (κ1) is 15.8. The Hall–Kier alpha value is -1.55. The molecular weight excluding hydrogens is 264 g/mol. The van der Waals surface area contributed by atoms with Gasteiger partial charge in [0.15, 0.2) is 0 Å². The number of carbonyl (C=O) groups excluding carboxylic acids is 1. The van der Waals surface area contributed by atoms with Gasteiger partial charge in [-0.05, 0) is 58.4 Å². The van der Waals surface area contributed by atoms with Gasteiger partial charge in [0.05, 0.1) is 17.6 Å². The molecule has 0 aliphatic carbocycles. The van der Waals surface area contributed by atoms with Gasteiger partial charge in [-0.3, -0.25) is 4.79 Å². The topological polar surface area (TPSA) is 50.4 Å². The second kappa shape index (κ2) is 6.48. The van der Waals surface area contributed by atoms with Crippen LogP contribution in [0.25, 0.3) is 0 Å². The summed E-state index contributed by atoms with van der Waals surface area (Å²) in [7, 11) is 0. The summed E-state index contributed by atoms with van der Waals surface area (Å²) in [5.74, 6) is 0.965. The Labute approximate surface area is 127 Å². The normalized spacial score (nSPS) is 23.1. The van der Waals surface area contributed by atoms with Crippen LogP contribution in [0, 0.1) is 5.41 Å². The quantitative estimate of drug-likeness (QED) is 0.876. The lowest BCUT2D eigenvalue weighted by molar-refractivity contribution is -0.129. The molecule has 1 aliphatic heterocycles. The van der Waals surface area contributed by atoms with Crippen LogP contribution in [-0.2, 0) is 4.79 Å². The zero-order chi connectivity index (χ0) is 15.5. The number of nitrogens with one attached hydrogen (secondary N) is 2. The minimum atomic E-state index is -0.291. The van der Waals surface area contributed by atoms with Crippen molar-refractivity contribution in [3.05, 3.63) is 29.8 Å². The highest BCUT2D eigenvalue weighted by Gasteiger charge is 2.36. The van der Waals surface area contributed by atoms with E-state index in [1.165, 1.54) is 0 Å². The summed E-state index contributed by atoms with van der Waals surface area (Å²) >= 11 is 0. The molecule has 1 heterocycles. The molecule has 0 aromatic heterocycles. The van der Waals surface area contributed by atoms with E-state index in [-0.39, 0.29) is 23.5 Å². The SMILES string of the molecule is CC(C)Oc1cccc(C(C)NC(=O)C2(C)CCNC2)c1. The zero-order valence-electron chi connectivity index (χ0n) is 13.4. The van der Waals surface area contributed by atoms with E-state index < -0.39 is 0 Å². The van der Waals surface area contributed by atoms with Gasteiger partial charge in [0.25, 0.3) is 0 Å². The number of hydrogen-bond acceptors (Lipinski definition) is 3. The highest BCUT2D eigenvalue weighted by molar-refractivity contribution is 5.83. The summed E-state index contributed by atoms with van der Waals surface area (Å²) < 4.78 is 5.71. The molecule has 4 nitrogen and oxygen atoms in total. The van der Waals surface area contributed by atoms with Crippen molar-refractivity contribution < 1.29 is 9.53 Å². The molecule has 2 atom stereocenters. The molecular formula is C17H26N2O2. The second-order valence-corrected chi connectivity index (χ2v) is 6.42. The fourth-order valence-electron chi connectivity index (χ4n) is 2.59. The molecule has 1 amide bonds. The first-order chi connectivity index (χ1) is 9.90. The first-order valence-corrected chi connectivity index (χ1v) is 7.69. The number of carbonyl (C=O) groups is 1. The van der Waals surface area contributed by atoms with E-state index in [2.05, 4.69) is 10.6 Å². The van der Waals surface area contributed by atoms with E-state index >= 15 is 0 Å². The summed E-state index contributed by atoms with van der Waals surface area (Å²) in [6.45, 7) is 9.71. The van der Waals surface area contributed by atoms with Crippen molar-refractivity contribution in [1.82, 2.24) is 10.6 Å². The van der Waals surface area contributed by atoms with Crippen LogP contribution in [0.2, 0.25) is 0 Å². The molecule has 0 saturated carbocycles. The van der Waals surface area contributed by atoms with Gasteiger partial charge in [-0.25, -0.2) is 0 Å². The molecule has 1 saturated heterocycles. The maximum absolute atomic E-state index is 12.4.